The van der Waals surface area contributed by atoms with Gasteiger partial charge in [-0.2, -0.15) is 13.7 Å². The van der Waals surface area contributed by atoms with Crippen LogP contribution in [0.4, 0.5) is 0 Å². The normalized spacial score (nSPS) is 14.5. The molecule has 0 radical (unpaired) electrons. The van der Waals surface area contributed by atoms with Gasteiger partial charge in [0.2, 0.25) is 34.4 Å². The number of hydrogen-bond acceptors (Lipinski definition) is 2. The molecule has 5 heteroatoms. The second kappa shape index (κ2) is 18.0. The van der Waals surface area contributed by atoms with E-state index in [-0.39, 0.29) is 6.10 Å². The third-order valence-corrected chi connectivity index (χ3v) is 14.2. The van der Waals surface area contributed by atoms with E-state index in [2.05, 4.69) is 247 Å². The first-order valence-corrected chi connectivity index (χ1v) is 24.3. The lowest BCUT2D eigenvalue weighted by Crippen LogP contribution is -2.41. The van der Waals surface area contributed by atoms with E-state index in [9.17, 15) is 0 Å². The highest BCUT2D eigenvalue weighted by Gasteiger charge is 2.48. The van der Waals surface area contributed by atoms with Crippen LogP contribution in [-0.2, 0) is 35.7 Å². The molecule has 11 aromatic rings. The van der Waals surface area contributed by atoms with Gasteiger partial charge in [0, 0.05) is 53.4 Å². The molecule has 0 spiro atoms. The molecule has 1 aliphatic heterocycles. The van der Waals surface area contributed by atoms with E-state index in [1.54, 1.807) is 0 Å². The van der Waals surface area contributed by atoms with Crippen LogP contribution < -0.4 is 13.7 Å². The van der Waals surface area contributed by atoms with Crippen LogP contribution in [0, 0.1) is 13.8 Å². The second-order valence-electron chi connectivity index (χ2n) is 18.4. The van der Waals surface area contributed by atoms with E-state index in [1.165, 1.54) is 93.6 Å². The van der Waals surface area contributed by atoms with Crippen molar-refractivity contribution < 1.29 is 23.2 Å². The first-order chi connectivity index (χ1) is 34.0. The molecule has 12 rings (SSSR count). The zero-order chi connectivity index (χ0) is 46.4. The minimum atomic E-state index is -0.394. The summed E-state index contributed by atoms with van der Waals surface area (Å²) in [7, 11) is 0. The van der Waals surface area contributed by atoms with E-state index in [4.69, 9.17) is 9.47 Å². The van der Waals surface area contributed by atoms with E-state index in [0.717, 1.165) is 36.4 Å². The van der Waals surface area contributed by atoms with Gasteiger partial charge in [0.15, 0.2) is 18.8 Å². The SMILES string of the molecule is CC[n+]1c(-c2c(CC[n+]3cc(C)ccc3C3OC3OC[n+]3c(-c4c(C)ccc5ccccc45)cc(-c4ccccc4)c4ccccc43)ccc3ccccc23)cc(-c2ccccc2)c2ccccc21. The van der Waals surface area contributed by atoms with Gasteiger partial charge >= 0.3 is 0 Å². The van der Waals surface area contributed by atoms with Gasteiger partial charge < -0.3 is 4.74 Å². The lowest BCUT2D eigenvalue weighted by Gasteiger charge is -2.16. The number of pyridine rings is 3. The van der Waals surface area contributed by atoms with Crippen molar-refractivity contribution in [2.24, 2.45) is 0 Å². The molecule has 69 heavy (non-hydrogen) atoms. The van der Waals surface area contributed by atoms with E-state index >= 15 is 0 Å². The van der Waals surface area contributed by atoms with Gasteiger partial charge in [-0.15, -0.1) is 0 Å². The molecule has 0 amide bonds. The molecule has 2 atom stereocenters. The van der Waals surface area contributed by atoms with Gasteiger partial charge in [0.25, 0.3) is 6.73 Å². The van der Waals surface area contributed by atoms with Crippen LogP contribution in [0.15, 0.2) is 212 Å². The van der Waals surface area contributed by atoms with Gasteiger partial charge in [-0.1, -0.05) is 158 Å². The molecule has 0 N–H and O–H groups in total. The quantitative estimate of drug-likeness (QED) is 0.0904. The molecule has 1 fully saturated rings. The van der Waals surface area contributed by atoms with E-state index in [1.807, 2.05) is 0 Å². The third kappa shape index (κ3) is 7.84. The fraction of sp³-hybridized carbons (Fsp3) is 0.141. The highest BCUT2D eigenvalue weighted by molar-refractivity contribution is 6.02. The number of aromatic nitrogens is 3. The summed E-state index contributed by atoms with van der Waals surface area (Å²) >= 11 is 0. The van der Waals surface area contributed by atoms with Crippen molar-refractivity contribution >= 4 is 43.4 Å². The molecule has 2 unspecified atom stereocenters. The van der Waals surface area contributed by atoms with Crippen LogP contribution in [0.3, 0.4) is 0 Å². The van der Waals surface area contributed by atoms with Gasteiger partial charge in [0.1, 0.15) is 6.54 Å². The molecule has 0 bridgehead atoms. The van der Waals surface area contributed by atoms with Crippen molar-refractivity contribution in [3.8, 4) is 44.8 Å². The number of ether oxygens (including phenoxy) is 2. The third-order valence-electron chi connectivity index (χ3n) is 14.2. The van der Waals surface area contributed by atoms with Crippen LogP contribution in [-0.4, -0.2) is 6.29 Å². The maximum Gasteiger partial charge on any atom is 0.256 e. The summed E-state index contributed by atoms with van der Waals surface area (Å²) in [5.74, 6) is 0. The fourth-order valence-corrected chi connectivity index (χ4v) is 10.8. The van der Waals surface area contributed by atoms with Crippen molar-refractivity contribution in [3.05, 3.63) is 235 Å². The number of fused-ring (bicyclic) bond motifs is 4. The Labute approximate surface area is 403 Å². The molecule has 8 aromatic carbocycles. The van der Waals surface area contributed by atoms with Crippen molar-refractivity contribution in [2.75, 3.05) is 0 Å². The zero-order valence-corrected chi connectivity index (χ0v) is 39.3. The van der Waals surface area contributed by atoms with Gasteiger partial charge in [-0.3, -0.25) is 4.74 Å². The first-order valence-electron chi connectivity index (χ1n) is 24.3. The maximum absolute atomic E-state index is 6.88. The molecule has 1 aliphatic rings. The molecule has 3 aromatic heterocycles. The predicted octanol–water partition coefficient (Wildman–Crippen LogP) is 13.8. The Bertz CT molecular complexity index is 3740. The standard InChI is InChI=1S/C64H54N3O2/c1-4-66-56-29-17-15-27-52(56)55(46-21-9-6-10-22-46)40-60(66)62-49(35-34-48-24-12-14-26-51(48)62)37-38-65-41-43(2)31-36-58(65)63-64(69-63)68-42-67-57-30-18-16-28-53(57)54(45-19-7-5-8-20-45)39-59(67)61-44(3)32-33-47-23-11-13-25-50(47)61/h5-36,39-41,63-64H,4,37-38,42H2,1-3H3/q+3. The average molecular weight is 897 g/mol. The summed E-state index contributed by atoms with van der Waals surface area (Å²) in [6, 6.07) is 75.0. The summed E-state index contributed by atoms with van der Waals surface area (Å²) in [6.45, 7) is 8.61. The summed E-state index contributed by atoms with van der Waals surface area (Å²) in [6.07, 6.45) is 2.52. The highest BCUT2D eigenvalue weighted by Crippen LogP contribution is 2.41. The van der Waals surface area contributed by atoms with Crippen LogP contribution in [0.5, 0.6) is 0 Å². The van der Waals surface area contributed by atoms with Crippen molar-refractivity contribution in [2.45, 2.75) is 59.4 Å². The fourth-order valence-electron chi connectivity index (χ4n) is 10.8. The Morgan fingerprint density at radius 1 is 0.507 bits per heavy atom. The lowest BCUT2D eigenvalue weighted by atomic mass is 9.91. The molecule has 4 heterocycles. The lowest BCUT2D eigenvalue weighted by molar-refractivity contribution is -0.706. The topological polar surface area (TPSA) is 33.4 Å². The Hall–Kier alpha value is -7.83. The van der Waals surface area contributed by atoms with Crippen LogP contribution in [0.1, 0.15) is 35.4 Å². The van der Waals surface area contributed by atoms with Crippen LogP contribution in [0.2, 0.25) is 0 Å². The summed E-state index contributed by atoms with van der Waals surface area (Å²) < 4.78 is 20.6. The van der Waals surface area contributed by atoms with Crippen molar-refractivity contribution in [3.63, 3.8) is 0 Å². The molecule has 0 aliphatic carbocycles. The second-order valence-corrected chi connectivity index (χ2v) is 18.4. The number of nitrogens with zero attached hydrogens (tertiary/aromatic N) is 3. The smallest absolute Gasteiger partial charge is 0.256 e. The minimum Gasteiger partial charge on any atom is -0.329 e. The van der Waals surface area contributed by atoms with Crippen LogP contribution >= 0.6 is 0 Å². The number of benzene rings is 8. The summed E-state index contributed by atoms with van der Waals surface area (Å²) in [5.41, 5.74) is 16.9. The molecular weight excluding hydrogens is 843 g/mol. The summed E-state index contributed by atoms with van der Waals surface area (Å²) in [5, 5.41) is 7.37. The molecule has 1 saturated heterocycles. The Morgan fingerprint density at radius 2 is 1.04 bits per heavy atom. The monoisotopic (exact) mass is 896 g/mol. The van der Waals surface area contributed by atoms with Gasteiger partial charge in [0.05, 0.1) is 21.9 Å². The summed E-state index contributed by atoms with van der Waals surface area (Å²) in [4.78, 5) is 0. The zero-order valence-electron chi connectivity index (χ0n) is 39.3. The minimum absolute atomic E-state index is 0.198. The number of epoxide rings is 1. The number of para-hydroxylation sites is 2. The molecule has 0 saturated carbocycles. The predicted molar refractivity (Wildman–Crippen MR) is 279 cm³/mol. The molecular formula is C64H54N3O2+3. The number of rotatable bonds is 12. The van der Waals surface area contributed by atoms with Gasteiger partial charge in [-0.25, -0.2) is 0 Å². The average Bonchev–Trinajstić information content (AvgIpc) is 4.18. The van der Waals surface area contributed by atoms with Crippen molar-refractivity contribution in [1.29, 1.82) is 0 Å². The maximum atomic E-state index is 6.88. The number of aryl methyl sites for hydroxylation is 5. The van der Waals surface area contributed by atoms with Crippen LogP contribution in [0.25, 0.3) is 88.1 Å². The molecule has 334 valence electrons. The number of hydrogen-bond donors (Lipinski definition) is 0. The Balaban J connectivity index is 0.896. The highest BCUT2D eigenvalue weighted by atomic mass is 16.8. The Kier molecular flexibility index (Phi) is 11.1. The first kappa shape index (κ1) is 42.5. The largest absolute Gasteiger partial charge is 0.329 e. The molecule has 5 nitrogen and oxygen atoms in total. The van der Waals surface area contributed by atoms with E-state index < -0.39 is 6.29 Å². The van der Waals surface area contributed by atoms with E-state index in [0.29, 0.717) is 6.73 Å². The van der Waals surface area contributed by atoms with Gasteiger partial charge in [-0.05, 0) is 82.8 Å². The van der Waals surface area contributed by atoms with Crippen molar-refractivity contribution in [1.82, 2.24) is 0 Å². The Morgan fingerprint density at radius 3 is 1.68 bits per heavy atom.